The molecule has 1 heterocycles. The maximum atomic E-state index is 13.2. The van der Waals surface area contributed by atoms with E-state index in [0.717, 1.165) is 22.0 Å². The molecule has 4 heteroatoms. The number of nitrogens with zero attached hydrogens (tertiary/aromatic N) is 1. The van der Waals surface area contributed by atoms with Crippen molar-refractivity contribution in [1.82, 2.24) is 4.98 Å². The highest BCUT2D eigenvalue weighted by Crippen LogP contribution is 2.26. The molecule has 1 N–H and O–H groups in total. The summed E-state index contributed by atoms with van der Waals surface area (Å²) in [6.45, 7) is 0. The molecule has 0 aliphatic rings. The Labute approximate surface area is 126 Å². The average Bonchev–Trinajstić information content (AvgIpc) is 2.50. The second-order valence-corrected chi connectivity index (χ2v) is 5.29. The average molecular weight is 302 g/mol. The van der Waals surface area contributed by atoms with Gasteiger partial charge in [-0.2, -0.15) is 0 Å². The summed E-state index contributed by atoms with van der Waals surface area (Å²) in [6.07, 6.45) is 1.35. The lowest BCUT2D eigenvalue weighted by molar-refractivity contribution is 0.180. The van der Waals surface area contributed by atoms with Crippen molar-refractivity contribution in [3.63, 3.8) is 0 Å². The third-order valence-corrected chi connectivity index (χ3v) is 3.74. The van der Waals surface area contributed by atoms with Crippen LogP contribution >= 0.6 is 11.6 Å². The Hall–Kier alpha value is -1.97. The van der Waals surface area contributed by atoms with E-state index in [1.54, 1.807) is 24.4 Å². The predicted octanol–water partition coefficient (Wildman–Crippen LogP) is 4.30. The van der Waals surface area contributed by atoms with E-state index < -0.39 is 11.9 Å². The monoisotopic (exact) mass is 301 g/mol. The standard InChI is InChI=1S/C17H13ClFNO/c18-14-9-11(5-6-15(14)19)10-17(21)13-7-8-20-16-4-2-1-3-12(13)16/h1-9,17,21H,10H2. The van der Waals surface area contributed by atoms with Crippen molar-refractivity contribution in [2.45, 2.75) is 12.5 Å². The second kappa shape index (κ2) is 5.80. The van der Waals surface area contributed by atoms with Gasteiger partial charge in [-0.15, -0.1) is 0 Å². The number of pyridine rings is 1. The van der Waals surface area contributed by atoms with Crippen molar-refractivity contribution in [1.29, 1.82) is 0 Å². The third kappa shape index (κ3) is 2.89. The normalized spacial score (nSPS) is 12.5. The minimum absolute atomic E-state index is 0.0688. The summed E-state index contributed by atoms with van der Waals surface area (Å²) in [4.78, 5) is 4.28. The van der Waals surface area contributed by atoms with Gasteiger partial charge in [-0.05, 0) is 35.4 Å². The molecular formula is C17H13ClFNO. The first-order valence-electron chi connectivity index (χ1n) is 6.61. The molecule has 1 aromatic heterocycles. The Morgan fingerprint density at radius 3 is 2.76 bits per heavy atom. The van der Waals surface area contributed by atoms with Crippen LogP contribution in [0.3, 0.4) is 0 Å². The van der Waals surface area contributed by atoms with Crippen LogP contribution in [-0.4, -0.2) is 10.1 Å². The summed E-state index contributed by atoms with van der Waals surface area (Å²) >= 11 is 5.77. The number of benzene rings is 2. The lowest BCUT2D eigenvalue weighted by Gasteiger charge is -2.14. The number of aromatic nitrogens is 1. The van der Waals surface area contributed by atoms with Crippen LogP contribution in [0.25, 0.3) is 10.9 Å². The first-order valence-corrected chi connectivity index (χ1v) is 6.98. The van der Waals surface area contributed by atoms with Crippen molar-refractivity contribution < 1.29 is 9.50 Å². The van der Waals surface area contributed by atoms with E-state index in [4.69, 9.17) is 11.6 Å². The number of rotatable bonds is 3. The lowest BCUT2D eigenvalue weighted by Crippen LogP contribution is -2.03. The van der Waals surface area contributed by atoms with Crippen molar-refractivity contribution in [3.05, 3.63) is 76.7 Å². The van der Waals surface area contributed by atoms with E-state index in [0.29, 0.717) is 6.42 Å². The Kier molecular flexibility index (Phi) is 3.86. The zero-order valence-electron chi connectivity index (χ0n) is 11.1. The van der Waals surface area contributed by atoms with Gasteiger partial charge in [0.15, 0.2) is 0 Å². The molecule has 1 unspecified atom stereocenters. The van der Waals surface area contributed by atoms with Gasteiger partial charge in [-0.1, -0.05) is 35.9 Å². The number of aliphatic hydroxyl groups excluding tert-OH is 1. The number of aliphatic hydroxyl groups is 1. The van der Waals surface area contributed by atoms with Gasteiger partial charge in [0.2, 0.25) is 0 Å². The minimum Gasteiger partial charge on any atom is -0.388 e. The minimum atomic E-state index is -0.695. The largest absolute Gasteiger partial charge is 0.388 e. The molecule has 3 rings (SSSR count). The highest BCUT2D eigenvalue weighted by molar-refractivity contribution is 6.30. The van der Waals surface area contributed by atoms with Gasteiger partial charge in [0.1, 0.15) is 5.82 Å². The fraction of sp³-hybridized carbons (Fsp3) is 0.118. The van der Waals surface area contributed by atoms with Crippen LogP contribution in [0.1, 0.15) is 17.2 Å². The lowest BCUT2D eigenvalue weighted by atomic mass is 9.98. The Balaban J connectivity index is 1.93. The molecule has 0 saturated carbocycles. The van der Waals surface area contributed by atoms with Crippen LogP contribution in [-0.2, 0) is 6.42 Å². The zero-order chi connectivity index (χ0) is 14.8. The van der Waals surface area contributed by atoms with Gasteiger partial charge in [0.05, 0.1) is 16.6 Å². The fourth-order valence-electron chi connectivity index (χ4n) is 2.41. The maximum absolute atomic E-state index is 13.2. The van der Waals surface area contributed by atoms with Crippen LogP contribution in [0.2, 0.25) is 5.02 Å². The molecule has 0 aliphatic heterocycles. The smallest absolute Gasteiger partial charge is 0.141 e. The van der Waals surface area contributed by atoms with E-state index >= 15 is 0 Å². The molecule has 2 nitrogen and oxygen atoms in total. The third-order valence-electron chi connectivity index (χ3n) is 3.45. The van der Waals surface area contributed by atoms with Crippen molar-refractivity contribution in [3.8, 4) is 0 Å². The molecule has 0 radical (unpaired) electrons. The molecule has 0 amide bonds. The predicted molar refractivity (Wildman–Crippen MR) is 81.8 cm³/mol. The SMILES string of the molecule is OC(Cc1ccc(F)c(Cl)c1)c1ccnc2ccccc12. The zero-order valence-corrected chi connectivity index (χ0v) is 11.9. The van der Waals surface area contributed by atoms with Gasteiger partial charge in [0.25, 0.3) is 0 Å². The number of halogens is 2. The van der Waals surface area contributed by atoms with Gasteiger partial charge >= 0.3 is 0 Å². The molecule has 0 saturated heterocycles. The Morgan fingerprint density at radius 1 is 1.14 bits per heavy atom. The molecule has 1 atom stereocenters. The van der Waals surface area contributed by atoms with E-state index in [2.05, 4.69) is 4.98 Å². The van der Waals surface area contributed by atoms with E-state index in [9.17, 15) is 9.50 Å². The number of para-hydroxylation sites is 1. The van der Waals surface area contributed by atoms with E-state index in [1.165, 1.54) is 6.07 Å². The van der Waals surface area contributed by atoms with Crippen molar-refractivity contribution >= 4 is 22.5 Å². The summed E-state index contributed by atoms with van der Waals surface area (Å²) in [7, 11) is 0. The quantitative estimate of drug-likeness (QED) is 0.782. The summed E-state index contributed by atoms with van der Waals surface area (Å²) in [5.74, 6) is -0.454. The number of hydrogen-bond donors (Lipinski definition) is 1. The van der Waals surface area contributed by atoms with Gasteiger partial charge in [0, 0.05) is 18.0 Å². The molecule has 0 spiro atoms. The number of fused-ring (bicyclic) bond motifs is 1. The van der Waals surface area contributed by atoms with Crippen LogP contribution in [0, 0.1) is 5.82 Å². The van der Waals surface area contributed by atoms with Crippen LogP contribution in [0.4, 0.5) is 4.39 Å². The molecule has 0 bridgehead atoms. The van der Waals surface area contributed by atoms with Crippen LogP contribution in [0.15, 0.2) is 54.7 Å². The van der Waals surface area contributed by atoms with E-state index in [-0.39, 0.29) is 5.02 Å². The maximum Gasteiger partial charge on any atom is 0.141 e. The molecule has 106 valence electrons. The first-order chi connectivity index (χ1) is 10.1. The van der Waals surface area contributed by atoms with Crippen molar-refractivity contribution in [2.24, 2.45) is 0 Å². The summed E-state index contributed by atoms with van der Waals surface area (Å²) in [6, 6.07) is 13.9. The summed E-state index contributed by atoms with van der Waals surface area (Å²) in [5.41, 5.74) is 2.43. The second-order valence-electron chi connectivity index (χ2n) is 4.89. The molecular weight excluding hydrogens is 289 g/mol. The topological polar surface area (TPSA) is 33.1 Å². The molecule has 2 aromatic carbocycles. The Morgan fingerprint density at radius 2 is 1.95 bits per heavy atom. The first kappa shape index (κ1) is 14.0. The molecule has 0 aliphatic carbocycles. The summed E-state index contributed by atoms with van der Waals surface area (Å²) in [5, 5.41) is 11.5. The number of hydrogen-bond acceptors (Lipinski definition) is 2. The Bertz CT molecular complexity index is 785. The van der Waals surface area contributed by atoms with Gasteiger partial charge < -0.3 is 5.11 Å². The van der Waals surface area contributed by atoms with Crippen LogP contribution < -0.4 is 0 Å². The molecule has 3 aromatic rings. The molecule has 21 heavy (non-hydrogen) atoms. The highest BCUT2D eigenvalue weighted by Gasteiger charge is 2.13. The fourth-order valence-corrected chi connectivity index (χ4v) is 2.61. The van der Waals surface area contributed by atoms with Gasteiger partial charge in [-0.3, -0.25) is 4.98 Å². The molecule has 0 fully saturated rings. The van der Waals surface area contributed by atoms with Crippen LogP contribution in [0.5, 0.6) is 0 Å². The van der Waals surface area contributed by atoms with E-state index in [1.807, 2.05) is 24.3 Å². The highest BCUT2D eigenvalue weighted by atomic mass is 35.5. The van der Waals surface area contributed by atoms with Gasteiger partial charge in [-0.25, -0.2) is 4.39 Å². The summed E-state index contributed by atoms with van der Waals surface area (Å²) < 4.78 is 13.2. The van der Waals surface area contributed by atoms with Crippen molar-refractivity contribution in [2.75, 3.05) is 0 Å².